The predicted molar refractivity (Wildman–Crippen MR) is 78.9 cm³/mol. The Bertz CT molecular complexity index is 707. The third-order valence-electron chi connectivity index (χ3n) is 2.91. The number of halogens is 1. The Morgan fingerprint density at radius 2 is 2.10 bits per heavy atom. The summed E-state index contributed by atoms with van der Waals surface area (Å²) < 4.78 is 10.9. The van der Waals surface area contributed by atoms with E-state index in [1.165, 1.54) is 0 Å². The number of hydrogen-bond acceptors (Lipinski definition) is 4. The van der Waals surface area contributed by atoms with Gasteiger partial charge in [-0.2, -0.15) is 5.26 Å². The van der Waals surface area contributed by atoms with Gasteiger partial charge >= 0.3 is 0 Å². The molecule has 0 amide bonds. The molecule has 0 N–H and O–H groups in total. The second-order valence-electron chi connectivity index (χ2n) is 4.20. The van der Waals surface area contributed by atoms with Crippen molar-refractivity contribution in [3.8, 4) is 17.6 Å². The van der Waals surface area contributed by atoms with Gasteiger partial charge in [-0.3, -0.25) is 4.79 Å². The van der Waals surface area contributed by atoms with Crippen molar-refractivity contribution in [2.75, 3.05) is 7.11 Å². The van der Waals surface area contributed by atoms with Gasteiger partial charge in [-0.05, 0) is 30.3 Å². The van der Waals surface area contributed by atoms with Gasteiger partial charge in [0.15, 0.2) is 0 Å². The fourth-order valence-corrected chi connectivity index (χ4v) is 2.08. The highest BCUT2D eigenvalue weighted by molar-refractivity contribution is 6.31. The van der Waals surface area contributed by atoms with Crippen LogP contribution in [0.25, 0.3) is 0 Å². The molecular weight excluding hydrogens is 290 g/mol. The molecule has 106 valence electrons. The van der Waals surface area contributed by atoms with Gasteiger partial charge in [-0.1, -0.05) is 17.7 Å². The molecule has 0 bridgehead atoms. The molecule has 0 aliphatic carbocycles. The van der Waals surface area contributed by atoms with E-state index >= 15 is 0 Å². The quantitative estimate of drug-likeness (QED) is 0.792. The highest BCUT2D eigenvalue weighted by Gasteiger charge is 2.10. The first-order chi connectivity index (χ1) is 10.2. The maximum Gasteiger partial charge on any atom is 0.150 e. The SMILES string of the molecule is COc1ccc(C=O)cc1COc1cccc(Cl)c1C#N. The molecule has 2 rings (SSSR count). The average molecular weight is 302 g/mol. The maximum absolute atomic E-state index is 10.8. The summed E-state index contributed by atoms with van der Waals surface area (Å²) in [4.78, 5) is 10.8. The Hall–Kier alpha value is -2.51. The van der Waals surface area contributed by atoms with E-state index in [0.29, 0.717) is 27.6 Å². The van der Waals surface area contributed by atoms with Crippen LogP contribution in [0, 0.1) is 11.3 Å². The number of nitrogens with zero attached hydrogens (tertiary/aromatic N) is 1. The van der Waals surface area contributed by atoms with E-state index in [9.17, 15) is 4.79 Å². The highest BCUT2D eigenvalue weighted by Crippen LogP contribution is 2.27. The van der Waals surface area contributed by atoms with Crippen LogP contribution in [-0.2, 0) is 6.61 Å². The number of nitriles is 1. The molecule has 0 saturated heterocycles. The highest BCUT2D eigenvalue weighted by atomic mass is 35.5. The van der Waals surface area contributed by atoms with Gasteiger partial charge < -0.3 is 9.47 Å². The van der Waals surface area contributed by atoms with Crippen LogP contribution in [0.1, 0.15) is 21.5 Å². The summed E-state index contributed by atoms with van der Waals surface area (Å²) >= 11 is 5.94. The molecule has 0 aliphatic rings. The van der Waals surface area contributed by atoms with Crippen LogP contribution < -0.4 is 9.47 Å². The lowest BCUT2D eigenvalue weighted by molar-refractivity contribution is 0.112. The molecule has 21 heavy (non-hydrogen) atoms. The van der Waals surface area contributed by atoms with Crippen LogP contribution in [0.3, 0.4) is 0 Å². The summed E-state index contributed by atoms with van der Waals surface area (Å²) in [6.45, 7) is 0.167. The zero-order valence-corrected chi connectivity index (χ0v) is 12.1. The van der Waals surface area contributed by atoms with Gasteiger partial charge in [-0.25, -0.2) is 0 Å². The van der Waals surface area contributed by atoms with E-state index in [0.717, 1.165) is 6.29 Å². The first kappa shape index (κ1) is 14.9. The molecule has 0 heterocycles. The molecule has 0 aromatic heterocycles. The van der Waals surface area contributed by atoms with Crippen molar-refractivity contribution in [2.45, 2.75) is 6.61 Å². The summed E-state index contributed by atoms with van der Waals surface area (Å²) in [5.41, 5.74) is 1.52. The molecule has 5 heteroatoms. The number of benzene rings is 2. The number of methoxy groups -OCH3 is 1. The Balaban J connectivity index is 2.26. The molecule has 0 fully saturated rings. The number of carbonyl (C=O) groups excluding carboxylic acids is 1. The van der Waals surface area contributed by atoms with Gasteiger partial charge in [0.05, 0.1) is 12.1 Å². The van der Waals surface area contributed by atoms with Crippen LogP contribution in [0.4, 0.5) is 0 Å². The molecule has 2 aromatic carbocycles. The predicted octanol–water partition coefficient (Wildman–Crippen LogP) is 3.61. The average Bonchev–Trinajstić information content (AvgIpc) is 2.52. The lowest BCUT2D eigenvalue weighted by atomic mass is 10.1. The molecule has 0 radical (unpaired) electrons. The zero-order chi connectivity index (χ0) is 15.2. The van der Waals surface area contributed by atoms with Crippen molar-refractivity contribution in [2.24, 2.45) is 0 Å². The Morgan fingerprint density at radius 1 is 1.29 bits per heavy atom. The minimum absolute atomic E-state index is 0.167. The Kier molecular flexibility index (Phi) is 4.81. The molecule has 0 unspecified atom stereocenters. The summed E-state index contributed by atoms with van der Waals surface area (Å²) in [5, 5.41) is 9.43. The first-order valence-corrected chi connectivity index (χ1v) is 6.51. The number of rotatable bonds is 5. The molecule has 0 atom stereocenters. The van der Waals surface area contributed by atoms with Crippen molar-refractivity contribution in [3.63, 3.8) is 0 Å². The second-order valence-corrected chi connectivity index (χ2v) is 4.61. The van der Waals surface area contributed by atoms with E-state index < -0.39 is 0 Å². The molecule has 2 aromatic rings. The van der Waals surface area contributed by atoms with Gasteiger partial charge in [0, 0.05) is 11.1 Å². The third-order valence-corrected chi connectivity index (χ3v) is 3.23. The normalized spacial score (nSPS) is 9.76. The number of ether oxygens (including phenoxy) is 2. The van der Waals surface area contributed by atoms with Crippen LogP contribution in [0.5, 0.6) is 11.5 Å². The fraction of sp³-hybridized carbons (Fsp3) is 0.125. The van der Waals surface area contributed by atoms with E-state index in [1.807, 2.05) is 6.07 Å². The van der Waals surface area contributed by atoms with E-state index in [1.54, 1.807) is 43.5 Å². The summed E-state index contributed by atoms with van der Waals surface area (Å²) in [6.07, 6.45) is 0.753. The van der Waals surface area contributed by atoms with Crippen molar-refractivity contribution in [1.29, 1.82) is 5.26 Å². The summed E-state index contributed by atoms with van der Waals surface area (Å²) in [5.74, 6) is 1.00. The van der Waals surface area contributed by atoms with Gasteiger partial charge in [-0.15, -0.1) is 0 Å². The van der Waals surface area contributed by atoms with Crippen LogP contribution in [0.15, 0.2) is 36.4 Å². The molecule has 0 aliphatic heterocycles. The van der Waals surface area contributed by atoms with Gasteiger partial charge in [0.2, 0.25) is 0 Å². The Labute approximate surface area is 127 Å². The minimum atomic E-state index is 0.167. The van der Waals surface area contributed by atoms with Crippen molar-refractivity contribution in [1.82, 2.24) is 0 Å². The van der Waals surface area contributed by atoms with Crippen molar-refractivity contribution >= 4 is 17.9 Å². The lowest BCUT2D eigenvalue weighted by Crippen LogP contribution is -2.01. The van der Waals surface area contributed by atoms with E-state index in [2.05, 4.69) is 0 Å². The fourth-order valence-electron chi connectivity index (χ4n) is 1.87. The van der Waals surface area contributed by atoms with Crippen molar-refractivity contribution in [3.05, 3.63) is 58.1 Å². The molecule has 0 spiro atoms. The largest absolute Gasteiger partial charge is 0.496 e. The minimum Gasteiger partial charge on any atom is -0.496 e. The number of carbonyl (C=O) groups is 1. The summed E-state index contributed by atoms with van der Waals surface area (Å²) in [6, 6.07) is 12.1. The monoisotopic (exact) mass is 301 g/mol. The van der Waals surface area contributed by atoms with Crippen LogP contribution in [-0.4, -0.2) is 13.4 Å². The molecule has 4 nitrogen and oxygen atoms in total. The lowest BCUT2D eigenvalue weighted by Gasteiger charge is -2.12. The topological polar surface area (TPSA) is 59.3 Å². The molecular formula is C16H12ClNO3. The van der Waals surface area contributed by atoms with E-state index in [4.69, 9.17) is 26.3 Å². The van der Waals surface area contributed by atoms with Crippen LogP contribution >= 0.6 is 11.6 Å². The second kappa shape index (κ2) is 6.78. The van der Waals surface area contributed by atoms with Gasteiger partial charge in [0.25, 0.3) is 0 Å². The zero-order valence-electron chi connectivity index (χ0n) is 11.3. The summed E-state index contributed by atoms with van der Waals surface area (Å²) in [7, 11) is 1.54. The Morgan fingerprint density at radius 3 is 2.76 bits per heavy atom. The number of hydrogen-bond donors (Lipinski definition) is 0. The standard InChI is InChI=1S/C16H12ClNO3/c1-20-15-6-5-11(9-19)7-12(15)10-21-16-4-2-3-14(17)13(16)8-18/h2-7,9H,10H2,1H3. The maximum atomic E-state index is 10.8. The van der Waals surface area contributed by atoms with Crippen LogP contribution in [0.2, 0.25) is 5.02 Å². The smallest absolute Gasteiger partial charge is 0.150 e. The van der Waals surface area contributed by atoms with Crippen molar-refractivity contribution < 1.29 is 14.3 Å². The van der Waals surface area contributed by atoms with E-state index in [-0.39, 0.29) is 12.2 Å². The molecule has 0 saturated carbocycles. The third kappa shape index (κ3) is 3.33. The number of aldehydes is 1. The first-order valence-electron chi connectivity index (χ1n) is 6.13. The van der Waals surface area contributed by atoms with Gasteiger partial charge in [0.1, 0.15) is 36.0 Å².